The van der Waals surface area contributed by atoms with Crippen LogP contribution in [0.5, 0.6) is 0 Å². The summed E-state index contributed by atoms with van der Waals surface area (Å²) >= 11 is 0. The molecule has 1 aromatic carbocycles. The minimum absolute atomic E-state index is 0.000638. The van der Waals surface area contributed by atoms with Gasteiger partial charge < -0.3 is 15.3 Å². The van der Waals surface area contributed by atoms with E-state index in [0.29, 0.717) is 5.92 Å². The summed E-state index contributed by atoms with van der Waals surface area (Å²) in [5.41, 5.74) is 1.75. The molecule has 1 heterocycles. The van der Waals surface area contributed by atoms with Crippen LogP contribution < -0.4 is 10.2 Å². The summed E-state index contributed by atoms with van der Waals surface area (Å²) < 4.78 is 14.3. The maximum atomic E-state index is 14.3. The maximum Gasteiger partial charge on any atom is 0.130 e. The molecular weight excluding hydrogens is 267 g/mol. The molecule has 1 saturated heterocycles. The number of aliphatic hydroxyl groups excluding tert-OH is 1. The van der Waals surface area contributed by atoms with Gasteiger partial charge in [-0.25, -0.2) is 4.39 Å². The number of anilines is 1. The highest BCUT2D eigenvalue weighted by molar-refractivity contribution is 5.56. The standard InChI is InChI=1S/C17H27FN2O/c1-4-19-12(2)17-15(18)6-5-7-16(17)20-10-8-14(9-11-20)13(3)21/h5-7,12-14,19,21H,4,8-11H2,1-3H3. The summed E-state index contributed by atoms with van der Waals surface area (Å²) in [7, 11) is 0. The molecule has 0 radical (unpaired) electrons. The lowest BCUT2D eigenvalue weighted by molar-refractivity contribution is 0.110. The maximum absolute atomic E-state index is 14.3. The Bertz CT molecular complexity index is 456. The van der Waals surface area contributed by atoms with Crippen molar-refractivity contribution in [2.45, 2.75) is 45.8 Å². The van der Waals surface area contributed by atoms with Crippen LogP contribution >= 0.6 is 0 Å². The highest BCUT2D eigenvalue weighted by atomic mass is 19.1. The van der Waals surface area contributed by atoms with E-state index in [2.05, 4.69) is 10.2 Å². The van der Waals surface area contributed by atoms with Crippen molar-refractivity contribution in [3.8, 4) is 0 Å². The van der Waals surface area contributed by atoms with Gasteiger partial charge in [-0.1, -0.05) is 13.0 Å². The first-order chi connectivity index (χ1) is 10.0. The van der Waals surface area contributed by atoms with Crippen LogP contribution in [0.4, 0.5) is 10.1 Å². The summed E-state index contributed by atoms with van der Waals surface area (Å²) in [5, 5.41) is 13.0. The summed E-state index contributed by atoms with van der Waals surface area (Å²) in [5.74, 6) is 0.225. The van der Waals surface area contributed by atoms with Gasteiger partial charge in [-0.05, 0) is 51.3 Å². The number of hydrogen-bond acceptors (Lipinski definition) is 3. The van der Waals surface area contributed by atoms with Crippen molar-refractivity contribution >= 4 is 5.69 Å². The fraction of sp³-hybridized carbons (Fsp3) is 0.647. The topological polar surface area (TPSA) is 35.5 Å². The van der Waals surface area contributed by atoms with Gasteiger partial charge in [0.1, 0.15) is 5.82 Å². The van der Waals surface area contributed by atoms with Crippen LogP contribution in [-0.4, -0.2) is 30.8 Å². The van der Waals surface area contributed by atoms with Gasteiger partial charge in [0.2, 0.25) is 0 Å². The lowest BCUT2D eigenvalue weighted by Gasteiger charge is -2.36. The SMILES string of the molecule is CCNC(C)c1c(F)cccc1N1CCC(C(C)O)CC1. The van der Waals surface area contributed by atoms with E-state index in [1.165, 1.54) is 6.07 Å². The zero-order chi connectivity index (χ0) is 15.4. The molecule has 2 N–H and O–H groups in total. The average Bonchev–Trinajstić information content (AvgIpc) is 2.47. The van der Waals surface area contributed by atoms with Gasteiger partial charge in [0.15, 0.2) is 0 Å². The van der Waals surface area contributed by atoms with E-state index in [9.17, 15) is 9.50 Å². The second-order valence-corrected chi connectivity index (χ2v) is 6.02. The van der Waals surface area contributed by atoms with Crippen molar-refractivity contribution < 1.29 is 9.50 Å². The van der Waals surface area contributed by atoms with Gasteiger partial charge in [0.25, 0.3) is 0 Å². The van der Waals surface area contributed by atoms with Crippen molar-refractivity contribution in [3.63, 3.8) is 0 Å². The third-order valence-corrected chi connectivity index (χ3v) is 4.54. The zero-order valence-corrected chi connectivity index (χ0v) is 13.3. The van der Waals surface area contributed by atoms with Crippen LogP contribution in [0.3, 0.4) is 0 Å². The molecular formula is C17H27FN2O. The predicted molar refractivity (Wildman–Crippen MR) is 85.1 cm³/mol. The number of halogens is 1. The van der Waals surface area contributed by atoms with Crippen LogP contribution in [0, 0.1) is 11.7 Å². The van der Waals surface area contributed by atoms with Crippen LogP contribution in [-0.2, 0) is 0 Å². The average molecular weight is 294 g/mol. The van der Waals surface area contributed by atoms with Crippen molar-refractivity contribution in [1.82, 2.24) is 5.32 Å². The van der Waals surface area contributed by atoms with Crippen LogP contribution in [0.15, 0.2) is 18.2 Å². The van der Waals surface area contributed by atoms with E-state index in [1.807, 2.05) is 26.8 Å². The van der Waals surface area contributed by atoms with E-state index in [-0.39, 0.29) is 18.0 Å². The minimum Gasteiger partial charge on any atom is -0.393 e. The van der Waals surface area contributed by atoms with Crippen molar-refractivity contribution in [2.24, 2.45) is 5.92 Å². The fourth-order valence-electron chi connectivity index (χ4n) is 3.26. The fourth-order valence-corrected chi connectivity index (χ4v) is 3.26. The van der Waals surface area contributed by atoms with Crippen LogP contribution in [0.2, 0.25) is 0 Å². The molecule has 2 atom stereocenters. The Morgan fingerprint density at radius 2 is 2.00 bits per heavy atom. The van der Waals surface area contributed by atoms with Gasteiger partial charge in [-0.2, -0.15) is 0 Å². The van der Waals surface area contributed by atoms with Gasteiger partial charge in [0.05, 0.1) is 6.10 Å². The molecule has 4 heteroatoms. The molecule has 21 heavy (non-hydrogen) atoms. The first-order valence-corrected chi connectivity index (χ1v) is 7.99. The van der Waals surface area contributed by atoms with E-state index in [4.69, 9.17) is 0 Å². The number of nitrogens with zero attached hydrogens (tertiary/aromatic N) is 1. The number of piperidine rings is 1. The Balaban J connectivity index is 2.18. The first-order valence-electron chi connectivity index (χ1n) is 7.99. The molecule has 3 nitrogen and oxygen atoms in total. The van der Waals surface area contributed by atoms with E-state index in [1.54, 1.807) is 6.07 Å². The number of hydrogen-bond donors (Lipinski definition) is 2. The molecule has 2 unspecified atom stereocenters. The molecule has 0 aromatic heterocycles. The number of nitrogens with one attached hydrogen (secondary N) is 1. The number of aliphatic hydroxyl groups is 1. The normalized spacial score (nSPS) is 19.6. The van der Waals surface area contributed by atoms with Gasteiger partial charge >= 0.3 is 0 Å². The van der Waals surface area contributed by atoms with Crippen LogP contribution in [0.1, 0.15) is 45.2 Å². The predicted octanol–water partition coefficient (Wildman–Crippen LogP) is 3.09. The Morgan fingerprint density at radius 3 is 2.57 bits per heavy atom. The Morgan fingerprint density at radius 1 is 1.33 bits per heavy atom. The molecule has 1 aliphatic rings. The quantitative estimate of drug-likeness (QED) is 0.876. The van der Waals surface area contributed by atoms with E-state index >= 15 is 0 Å². The molecule has 0 saturated carbocycles. The van der Waals surface area contributed by atoms with Crippen molar-refractivity contribution in [2.75, 3.05) is 24.5 Å². The number of benzene rings is 1. The summed E-state index contributed by atoms with van der Waals surface area (Å²) in [6.07, 6.45) is 1.67. The molecule has 0 spiro atoms. The highest BCUT2D eigenvalue weighted by Crippen LogP contribution is 2.32. The molecule has 1 aromatic rings. The molecule has 1 fully saturated rings. The van der Waals surface area contributed by atoms with Gasteiger partial charge in [0, 0.05) is 30.4 Å². The second kappa shape index (κ2) is 7.23. The van der Waals surface area contributed by atoms with Gasteiger partial charge in [-0.3, -0.25) is 0 Å². The third-order valence-electron chi connectivity index (χ3n) is 4.54. The third kappa shape index (κ3) is 3.74. The smallest absolute Gasteiger partial charge is 0.130 e. The van der Waals surface area contributed by atoms with E-state index in [0.717, 1.165) is 43.7 Å². The Kier molecular flexibility index (Phi) is 5.59. The number of rotatable bonds is 5. The first kappa shape index (κ1) is 16.2. The van der Waals surface area contributed by atoms with Gasteiger partial charge in [-0.15, -0.1) is 0 Å². The van der Waals surface area contributed by atoms with Crippen LogP contribution in [0.25, 0.3) is 0 Å². The zero-order valence-electron chi connectivity index (χ0n) is 13.3. The lowest BCUT2D eigenvalue weighted by Crippen LogP contribution is -2.38. The Hall–Kier alpha value is -1.13. The molecule has 0 bridgehead atoms. The molecule has 2 rings (SSSR count). The Labute approximate surface area is 127 Å². The largest absolute Gasteiger partial charge is 0.393 e. The summed E-state index contributed by atoms with van der Waals surface area (Å²) in [6.45, 7) is 8.48. The molecule has 0 aliphatic carbocycles. The van der Waals surface area contributed by atoms with Crippen molar-refractivity contribution in [3.05, 3.63) is 29.6 Å². The second-order valence-electron chi connectivity index (χ2n) is 6.02. The molecule has 118 valence electrons. The molecule has 0 amide bonds. The summed E-state index contributed by atoms with van der Waals surface area (Å²) in [6, 6.07) is 5.33. The monoisotopic (exact) mass is 294 g/mol. The minimum atomic E-state index is -0.250. The van der Waals surface area contributed by atoms with E-state index < -0.39 is 0 Å². The lowest BCUT2D eigenvalue weighted by atomic mass is 9.91. The molecule has 1 aliphatic heterocycles. The highest BCUT2D eigenvalue weighted by Gasteiger charge is 2.25. The van der Waals surface area contributed by atoms with Crippen molar-refractivity contribution in [1.29, 1.82) is 0 Å². The summed E-state index contributed by atoms with van der Waals surface area (Å²) in [4.78, 5) is 2.26.